The lowest BCUT2D eigenvalue weighted by atomic mass is 10.2. The van der Waals surface area contributed by atoms with Gasteiger partial charge in [0.2, 0.25) is 10.0 Å². The highest BCUT2D eigenvalue weighted by Crippen LogP contribution is 2.16. The maximum atomic E-state index is 11.7. The van der Waals surface area contributed by atoms with Crippen LogP contribution in [0.25, 0.3) is 0 Å². The number of sulfonamides is 1. The first-order valence-electron chi connectivity index (χ1n) is 5.79. The number of hydrogen-bond acceptors (Lipinski definition) is 4. The molecule has 7 heteroatoms. The van der Waals surface area contributed by atoms with Gasteiger partial charge in [-0.2, -0.15) is 5.10 Å². The van der Waals surface area contributed by atoms with Gasteiger partial charge in [-0.3, -0.25) is 5.10 Å². The third kappa shape index (κ3) is 3.12. The number of anilines is 1. The third-order valence-corrected chi connectivity index (χ3v) is 4.24. The summed E-state index contributed by atoms with van der Waals surface area (Å²) < 4.78 is 25.7. The molecule has 0 spiro atoms. The Morgan fingerprint density at radius 3 is 2.79 bits per heavy atom. The van der Waals surface area contributed by atoms with Crippen LogP contribution in [0.2, 0.25) is 0 Å². The molecule has 1 heterocycles. The van der Waals surface area contributed by atoms with Gasteiger partial charge in [-0.25, -0.2) is 13.1 Å². The number of nitrogens with zero attached hydrogens (tertiary/aromatic N) is 1. The molecular formula is C12H16N4O2S. The number of H-pyrrole nitrogens is 1. The highest BCUT2D eigenvalue weighted by Gasteiger charge is 2.11. The lowest BCUT2D eigenvalue weighted by molar-refractivity contribution is 0.588. The fourth-order valence-corrected chi connectivity index (χ4v) is 2.42. The number of aromatic nitrogens is 2. The van der Waals surface area contributed by atoms with Crippen molar-refractivity contribution in [3.63, 3.8) is 0 Å². The average molecular weight is 280 g/mol. The summed E-state index contributed by atoms with van der Waals surface area (Å²) in [6, 6.07) is 6.68. The van der Waals surface area contributed by atoms with Gasteiger partial charge in [-0.15, -0.1) is 0 Å². The molecule has 0 radical (unpaired) electrons. The van der Waals surface area contributed by atoms with Gasteiger partial charge in [0.05, 0.1) is 11.1 Å². The van der Waals surface area contributed by atoms with Crippen molar-refractivity contribution >= 4 is 15.7 Å². The topological polar surface area (TPSA) is 86.9 Å². The minimum absolute atomic E-state index is 0.240. The standard InChI is InChI=1S/C12H16N4O2S/c1-9-10(8-15-16-9)7-14-11-4-3-5-12(6-11)19(17,18)13-2/h3-6,8,13-14H,7H2,1-2H3,(H,15,16). The molecule has 0 saturated heterocycles. The highest BCUT2D eigenvalue weighted by atomic mass is 32.2. The fraction of sp³-hybridized carbons (Fsp3) is 0.250. The predicted octanol–water partition coefficient (Wildman–Crippen LogP) is 1.24. The average Bonchev–Trinajstić information content (AvgIpc) is 2.82. The molecule has 0 bridgehead atoms. The Morgan fingerprint density at radius 1 is 1.37 bits per heavy atom. The van der Waals surface area contributed by atoms with E-state index in [9.17, 15) is 8.42 Å². The molecule has 102 valence electrons. The van der Waals surface area contributed by atoms with E-state index in [-0.39, 0.29) is 4.90 Å². The number of nitrogens with one attached hydrogen (secondary N) is 3. The number of rotatable bonds is 5. The van der Waals surface area contributed by atoms with E-state index in [0.717, 1.165) is 16.9 Å². The fourth-order valence-electron chi connectivity index (χ4n) is 1.64. The molecular weight excluding hydrogens is 264 g/mol. The maximum Gasteiger partial charge on any atom is 0.240 e. The second kappa shape index (κ2) is 5.41. The SMILES string of the molecule is CNS(=O)(=O)c1cccc(NCc2cn[nH]c2C)c1. The Labute approximate surface area is 112 Å². The van der Waals surface area contributed by atoms with Gasteiger partial charge >= 0.3 is 0 Å². The largest absolute Gasteiger partial charge is 0.381 e. The van der Waals surface area contributed by atoms with Crippen molar-refractivity contribution in [3.05, 3.63) is 41.7 Å². The molecule has 6 nitrogen and oxygen atoms in total. The van der Waals surface area contributed by atoms with Crippen molar-refractivity contribution in [3.8, 4) is 0 Å². The van der Waals surface area contributed by atoms with Crippen LogP contribution in [0, 0.1) is 6.92 Å². The van der Waals surface area contributed by atoms with Crippen LogP contribution in [0.15, 0.2) is 35.4 Å². The second-order valence-corrected chi connectivity index (χ2v) is 6.00. The van der Waals surface area contributed by atoms with Crippen molar-refractivity contribution < 1.29 is 8.42 Å². The molecule has 0 aliphatic heterocycles. The number of benzene rings is 1. The molecule has 19 heavy (non-hydrogen) atoms. The Bertz CT molecular complexity index is 664. The van der Waals surface area contributed by atoms with Crippen molar-refractivity contribution in [1.29, 1.82) is 0 Å². The van der Waals surface area contributed by atoms with E-state index in [2.05, 4.69) is 20.2 Å². The van der Waals surface area contributed by atoms with Crippen molar-refractivity contribution in [2.45, 2.75) is 18.4 Å². The molecule has 1 aromatic heterocycles. The Morgan fingerprint density at radius 2 is 2.16 bits per heavy atom. The summed E-state index contributed by atoms with van der Waals surface area (Å²) in [6.07, 6.45) is 1.75. The quantitative estimate of drug-likeness (QED) is 0.769. The molecule has 0 aliphatic carbocycles. The van der Waals surface area contributed by atoms with E-state index in [1.165, 1.54) is 7.05 Å². The lowest BCUT2D eigenvalue weighted by Gasteiger charge is -2.08. The van der Waals surface area contributed by atoms with E-state index in [4.69, 9.17) is 0 Å². The number of aromatic amines is 1. The summed E-state index contributed by atoms with van der Waals surface area (Å²) >= 11 is 0. The van der Waals surface area contributed by atoms with Crippen molar-refractivity contribution in [2.75, 3.05) is 12.4 Å². The van der Waals surface area contributed by atoms with Crippen LogP contribution in [-0.2, 0) is 16.6 Å². The van der Waals surface area contributed by atoms with Crippen LogP contribution in [0.4, 0.5) is 5.69 Å². The third-order valence-electron chi connectivity index (χ3n) is 2.83. The van der Waals surface area contributed by atoms with Crippen LogP contribution >= 0.6 is 0 Å². The van der Waals surface area contributed by atoms with Crippen molar-refractivity contribution in [1.82, 2.24) is 14.9 Å². The van der Waals surface area contributed by atoms with Gasteiger partial charge in [0.15, 0.2) is 0 Å². The minimum atomic E-state index is -3.41. The van der Waals surface area contributed by atoms with Crippen LogP contribution < -0.4 is 10.0 Å². The van der Waals surface area contributed by atoms with Crippen molar-refractivity contribution in [2.24, 2.45) is 0 Å². The smallest absolute Gasteiger partial charge is 0.240 e. The highest BCUT2D eigenvalue weighted by molar-refractivity contribution is 7.89. The molecule has 2 rings (SSSR count). The molecule has 0 atom stereocenters. The Hall–Kier alpha value is -1.86. The molecule has 0 saturated carbocycles. The molecule has 0 amide bonds. The first-order chi connectivity index (χ1) is 9.03. The summed E-state index contributed by atoms with van der Waals surface area (Å²) in [4.78, 5) is 0.240. The normalized spacial score (nSPS) is 11.5. The molecule has 0 unspecified atom stereocenters. The lowest BCUT2D eigenvalue weighted by Crippen LogP contribution is -2.18. The van der Waals surface area contributed by atoms with Crippen LogP contribution in [-0.4, -0.2) is 25.7 Å². The van der Waals surface area contributed by atoms with Gasteiger partial charge in [0.1, 0.15) is 0 Å². The van der Waals surface area contributed by atoms with E-state index in [1.54, 1.807) is 24.4 Å². The number of aryl methyl sites for hydroxylation is 1. The second-order valence-electron chi connectivity index (χ2n) is 4.11. The van der Waals surface area contributed by atoms with Crippen LogP contribution in [0.1, 0.15) is 11.3 Å². The van der Waals surface area contributed by atoms with Crippen LogP contribution in [0.5, 0.6) is 0 Å². The monoisotopic (exact) mass is 280 g/mol. The first kappa shape index (κ1) is 13.6. The Balaban J connectivity index is 2.14. The van der Waals surface area contributed by atoms with Gasteiger partial charge in [-0.1, -0.05) is 6.07 Å². The zero-order chi connectivity index (χ0) is 13.9. The minimum Gasteiger partial charge on any atom is -0.381 e. The van der Waals surface area contributed by atoms with E-state index >= 15 is 0 Å². The molecule has 3 N–H and O–H groups in total. The van der Waals surface area contributed by atoms with Gasteiger partial charge in [-0.05, 0) is 32.2 Å². The van der Waals surface area contributed by atoms with E-state index in [0.29, 0.717) is 6.54 Å². The summed E-state index contributed by atoms with van der Waals surface area (Å²) in [5, 5.41) is 9.96. The summed E-state index contributed by atoms with van der Waals surface area (Å²) in [5.41, 5.74) is 2.78. The van der Waals surface area contributed by atoms with E-state index in [1.807, 2.05) is 13.0 Å². The number of hydrogen-bond donors (Lipinski definition) is 3. The van der Waals surface area contributed by atoms with E-state index < -0.39 is 10.0 Å². The summed E-state index contributed by atoms with van der Waals surface area (Å²) in [7, 11) is -2.02. The Kier molecular flexibility index (Phi) is 3.87. The summed E-state index contributed by atoms with van der Waals surface area (Å²) in [5.74, 6) is 0. The predicted molar refractivity (Wildman–Crippen MR) is 73.3 cm³/mol. The summed E-state index contributed by atoms with van der Waals surface area (Å²) in [6.45, 7) is 2.53. The van der Waals surface area contributed by atoms with Crippen LogP contribution in [0.3, 0.4) is 0 Å². The molecule has 0 aliphatic rings. The zero-order valence-electron chi connectivity index (χ0n) is 10.8. The first-order valence-corrected chi connectivity index (χ1v) is 7.27. The zero-order valence-corrected chi connectivity index (χ0v) is 11.6. The maximum absolute atomic E-state index is 11.7. The van der Waals surface area contributed by atoms with Gasteiger partial charge < -0.3 is 5.32 Å². The van der Waals surface area contributed by atoms with Gasteiger partial charge in [0.25, 0.3) is 0 Å². The molecule has 1 aromatic carbocycles. The molecule has 0 fully saturated rings. The van der Waals surface area contributed by atoms with Gasteiger partial charge in [0, 0.05) is 23.5 Å². The molecule has 2 aromatic rings.